The van der Waals surface area contributed by atoms with E-state index in [9.17, 15) is 10.1 Å². The Kier molecular flexibility index (Phi) is 4.43. The molecule has 2 fully saturated rings. The van der Waals surface area contributed by atoms with Gasteiger partial charge in [-0.25, -0.2) is 0 Å². The van der Waals surface area contributed by atoms with E-state index in [1.165, 1.54) is 0 Å². The van der Waals surface area contributed by atoms with Crippen molar-refractivity contribution in [2.75, 3.05) is 19.6 Å². The van der Waals surface area contributed by atoms with Crippen LogP contribution in [-0.4, -0.2) is 42.0 Å². The van der Waals surface area contributed by atoms with Crippen molar-refractivity contribution < 1.29 is 4.79 Å². The third kappa shape index (κ3) is 3.46. The molecular formula is C14H24N4O. The minimum Gasteiger partial charge on any atom is -0.337 e. The minimum absolute atomic E-state index is 0.0221. The molecule has 1 aliphatic heterocycles. The summed E-state index contributed by atoms with van der Waals surface area (Å²) in [6.45, 7) is 4.26. The van der Waals surface area contributed by atoms with Gasteiger partial charge in [0.05, 0.1) is 12.6 Å². The van der Waals surface area contributed by atoms with Gasteiger partial charge in [0.2, 0.25) is 5.91 Å². The van der Waals surface area contributed by atoms with E-state index in [1.807, 2.05) is 0 Å². The zero-order valence-corrected chi connectivity index (χ0v) is 11.7. The number of nitrogens with one attached hydrogen (secondary N) is 1. The topological polar surface area (TPSA) is 82.2 Å². The molecule has 2 aliphatic rings. The normalized spacial score (nSPS) is 30.8. The molecule has 3 N–H and O–H groups in total. The Balaban J connectivity index is 1.83. The van der Waals surface area contributed by atoms with Crippen LogP contribution in [0.3, 0.4) is 0 Å². The highest BCUT2D eigenvalue weighted by atomic mass is 16.2. The molecule has 2 rings (SSSR count). The van der Waals surface area contributed by atoms with Crippen LogP contribution >= 0.6 is 0 Å². The summed E-state index contributed by atoms with van der Waals surface area (Å²) < 4.78 is 0. The van der Waals surface area contributed by atoms with Crippen LogP contribution in [-0.2, 0) is 4.79 Å². The van der Waals surface area contributed by atoms with E-state index in [1.54, 1.807) is 0 Å². The fraction of sp³-hybridized carbons (Fsp3) is 0.857. The Hall–Kier alpha value is -1.12. The number of rotatable bonds is 3. The first-order chi connectivity index (χ1) is 9.04. The fourth-order valence-corrected chi connectivity index (χ4v) is 3.15. The summed E-state index contributed by atoms with van der Waals surface area (Å²) in [4.78, 5) is 14.2. The first-order valence-electron chi connectivity index (χ1n) is 7.25. The highest BCUT2D eigenvalue weighted by Crippen LogP contribution is 2.28. The molecule has 0 aromatic rings. The number of amides is 1. The van der Waals surface area contributed by atoms with Gasteiger partial charge >= 0.3 is 0 Å². The SMILES string of the molecule is CC1CN(CC(=O)NC2(C#N)CCCC2)CCC1N. The highest BCUT2D eigenvalue weighted by molar-refractivity contribution is 5.79. The predicted octanol–water partition coefficient (Wildman–Crippen LogP) is 0.608. The molecule has 1 aliphatic carbocycles. The van der Waals surface area contributed by atoms with E-state index in [0.29, 0.717) is 12.5 Å². The van der Waals surface area contributed by atoms with Gasteiger partial charge in [0.15, 0.2) is 0 Å². The van der Waals surface area contributed by atoms with Crippen LogP contribution in [0.2, 0.25) is 0 Å². The lowest BCUT2D eigenvalue weighted by molar-refractivity contribution is -0.124. The Morgan fingerprint density at radius 3 is 2.79 bits per heavy atom. The van der Waals surface area contributed by atoms with Gasteiger partial charge < -0.3 is 11.1 Å². The van der Waals surface area contributed by atoms with Crippen molar-refractivity contribution in [1.82, 2.24) is 10.2 Å². The van der Waals surface area contributed by atoms with Gasteiger partial charge in [0.25, 0.3) is 0 Å². The van der Waals surface area contributed by atoms with Gasteiger partial charge in [-0.15, -0.1) is 0 Å². The van der Waals surface area contributed by atoms with Crippen LogP contribution in [0, 0.1) is 17.2 Å². The van der Waals surface area contributed by atoms with Gasteiger partial charge in [0.1, 0.15) is 5.54 Å². The van der Waals surface area contributed by atoms with Gasteiger partial charge in [-0.3, -0.25) is 9.69 Å². The zero-order chi connectivity index (χ0) is 13.9. The Labute approximate surface area is 115 Å². The molecule has 1 saturated heterocycles. The predicted molar refractivity (Wildman–Crippen MR) is 73.2 cm³/mol. The van der Waals surface area contributed by atoms with Crippen molar-refractivity contribution in [2.24, 2.45) is 11.7 Å². The molecular weight excluding hydrogens is 240 g/mol. The maximum atomic E-state index is 12.1. The Bertz CT molecular complexity index is 370. The summed E-state index contributed by atoms with van der Waals surface area (Å²) in [5, 5.41) is 12.2. The summed E-state index contributed by atoms with van der Waals surface area (Å²) in [5.74, 6) is 0.407. The van der Waals surface area contributed by atoms with Crippen molar-refractivity contribution in [3.63, 3.8) is 0 Å². The average molecular weight is 264 g/mol. The van der Waals surface area contributed by atoms with E-state index in [4.69, 9.17) is 5.73 Å². The molecule has 2 unspecified atom stereocenters. The smallest absolute Gasteiger partial charge is 0.235 e. The number of likely N-dealkylation sites (tertiary alicyclic amines) is 1. The third-order valence-electron chi connectivity index (χ3n) is 4.47. The second-order valence-corrected chi connectivity index (χ2v) is 6.11. The van der Waals surface area contributed by atoms with Crippen LogP contribution in [0.15, 0.2) is 0 Å². The molecule has 19 heavy (non-hydrogen) atoms. The maximum absolute atomic E-state index is 12.1. The number of hydrogen-bond donors (Lipinski definition) is 2. The lowest BCUT2D eigenvalue weighted by Crippen LogP contribution is -2.52. The minimum atomic E-state index is -0.602. The third-order valence-corrected chi connectivity index (χ3v) is 4.47. The van der Waals surface area contributed by atoms with Crippen molar-refractivity contribution in [1.29, 1.82) is 5.26 Å². The Morgan fingerprint density at radius 1 is 1.53 bits per heavy atom. The number of carbonyl (C=O) groups excluding carboxylic acids is 1. The number of nitrogens with two attached hydrogens (primary N) is 1. The number of piperidine rings is 1. The quantitative estimate of drug-likeness (QED) is 0.782. The summed E-state index contributed by atoms with van der Waals surface area (Å²) >= 11 is 0. The molecule has 1 amide bonds. The van der Waals surface area contributed by atoms with Crippen LogP contribution < -0.4 is 11.1 Å². The van der Waals surface area contributed by atoms with Gasteiger partial charge in [-0.05, 0) is 38.0 Å². The molecule has 0 bridgehead atoms. The zero-order valence-electron chi connectivity index (χ0n) is 11.7. The molecule has 0 spiro atoms. The maximum Gasteiger partial charge on any atom is 0.235 e. The number of hydrogen-bond acceptors (Lipinski definition) is 4. The van der Waals surface area contributed by atoms with Gasteiger partial charge in [-0.2, -0.15) is 5.26 Å². The summed E-state index contributed by atoms with van der Waals surface area (Å²) in [6, 6.07) is 2.54. The number of carbonyl (C=O) groups is 1. The van der Waals surface area contributed by atoms with Crippen molar-refractivity contribution >= 4 is 5.91 Å². The molecule has 0 aromatic carbocycles. The number of nitriles is 1. The van der Waals surface area contributed by atoms with Crippen molar-refractivity contribution in [3.8, 4) is 6.07 Å². The first-order valence-corrected chi connectivity index (χ1v) is 7.25. The van der Waals surface area contributed by atoms with Crippen LogP contribution in [0.4, 0.5) is 0 Å². The molecule has 1 heterocycles. The standard InChI is InChI=1S/C14H24N4O/c1-11-8-18(7-4-12(11)16)9-13(19)17-14(10-15)5-2-3-6-14/h11-12H,2-9,16H2,1H3,(H,17,19). The molecule has 0 radical (unpaired) electrons. The summed E-state index contributed by atoms with van der Waals surface area (Å²) in [7, 11) is 0. The molecule has 5 nitrogen and oxygen atoms in total. The van der Waals surface area contributed by atoms with Crippen molar-refractivity contribution in [2.45, 2.75) is 50.6 Å². The largest absolute Gasteiger partial charge is 0.337 e. The molecule has 106 valence electrons. The lowest BCUT2D eigenvalue weighted by Gasteiger charge is -2.35. The van der Waals surface area contributed by atoms with Crippen LogP contribution in [0.5, 0.6) is 0 Å². The number of nitrogens with zero attached hydrogens (tertiary/aromatic N) is 2. The monoisotopic (exact) mass is 264 g/mol. The Morgan fingerprint density at radius 2 is 2.21 bits per heavy atom. The molecule has 1 saturated carbocycles. The second kappa shape index (κ2) is 5.89. The van der Waals surface area contributed by atoms with E-state index in [-0.39, 0.29) is 11.9 Å². The highest BCUT2D eigenvalue weighted by Gasteiger charge is 2.36. The second-order valence-electron chi connectivity index (χ2n) is 6.11. The van der Waals surface area contributed by atoms with Crippen LogP contribution in [0.25, 0.3) is 0 Å². The molecule has 2 atom stereocenters. The van der Waals surface area contributed by atoms with E-state index >= 15 is 0 Å². The lowest BCUT2D eigenvalue weighted by atomic mass is 9.95. The van der Waals surface area contributed by atoms with Crippen molar-refractivity contribution in [3.05, 3.63) is 0 Å². The van der Waals surface area contributed by atoms with Gasteiger partial charge in [-0.1, -0.05) is 6.92 Å². The summed E-state index contributed by atoms with van der Waals surface area (Å²) in [5.41, 5.74) is 5.37. The summed E-state index contributed by atoms with van der Waals surface area (Å²) in [6.07, 6.45) is 4.58. The van der Waals surface area contributed by atoms with Gasteiger partial charge in [0, 0.05) is 19.1 Å². The molecule has 0 aromatic heterocycles. The fourth-order valence-electron chi connectivity index (χ4n) is 3.15. The first kappa shape index (κ1) is 14.3. The molecule has 5 heteroatoms. The van der Waals surface area contributed by atoms with Crippen LogP contribution in [0.1, 0.15) is 39.0 Å². The van der Waals surface area contributed by atoms with E-state index in [0.717, 1.165) is 45.2 Å². The van der Waals surface area contributed by atoms with E-state index < -0.39 is 5.54 Å². The van der Waals surface area contributed by atoms with E-state index in [2.05, 4.69) is 23.2 Å². The average Bonchev–Trinajstić information content (AvgIpc) is 2.83.